The minimum atomic E-state index is -4.33. The van der Waals surface area contributed by atoms with Crippen molar-refractivity contribution in [3.05, 3.63) is 118 Å². The second-order valence-corrected chi connectivity index (χ2v) is 14.3. The van der Waals surface area contributed by atoms with Crippen LogP contribution in [0.1, 0.15) is 35.6 Å². The second kappa shape index (κ2) is 16.7. The molecule has 0 radical (unpaired) electrons. The summed E-state index contributed by atoms with van der Waals surface area (Å²) in [6.45, 7) is 5.65. The molecule has 0 aromatic heterocycles. The molecule has 0 saturated heterocycles. The van der Waals surface area contributed by atoms with Gasteiger partial charge in [0.25, 0.3) is 10.0 Å². The summed E-state index contributed by atoms with van der Waals surface area (Å²) in [7, 11) is -1.44. The fourth-order valence-electron chi connectivity index (χ4n) is 5.48. The van der Waals surface area contributed by atoms with Gasteiger partial charge in [-0.25, -0.2) is 8.42 Å². The molecule has 11 heteroatoms. The highest BCUT2D eigenvalue weighted by Gasteiger charge is 2.35. The lowest BCUT2D eigenvalue weighted by molar-refractivity contribution is -0.140. The SMILES string of the molecule is CCCNC(=O)C(Cc1ccccc1)N(Cc1cccc(Br)c1)C(=O)CN(c1cc(C)cc(C)c1)S(=O)(=O)c1ccc(OC)c(OC)c1. The molecule has 0 aliphatic carbocycles. The first-order valence-electron chi connectivity index (χ1n) is 15.7. The summed E-state index contributed by atoms with van der Waals surface area (Å²) in [6.07, 6.45) is 0.954. The molecule has 0 saturated carbocycles. The van der Waals surface area contributed by atoms with Crippen molar-refractivity contribution in [2.75, 3.05) is 31.6 Å². The van der Waals surface area contributed by atoms with Crippen molar-refractivity contribution in [3.63, 3.8) is 0 Å². The molecule has 9 nitrogen and oxygen atoms in total. The van der Waals surface area contributed by atoms with Crippen LogP contribution in [0.5, 0.6) is 11.5 Å². The van der Waals surface area contributed by atoms with Gasteiger partial charge in [0.2, 0.25) is 11.8 Å². The predicted octanol–water partition coefficient (Wildman–Crippen LogP) is 6.44. The smallest absolute Gasteiger partial charge is 0.264 e. The van der Waals surface area contributed by atoms with E-state index >= 15 is 0 Å². The maximum atomic E-state index is 14.7. The average molecular weight is 737 g/mol. The first kappa shape index (κ1) is 36.5. The molecule has 1 atom stereocenters. The fourth-order valence-corrected chi connectivity index (χ4v) is 7.34. The third-order valence-electron chi connectivity index (χ3n) is 7.78. The summed E-state index contributed by atoms with van der Waals surface area (Å²) < 4.78 is 41.6. The largest absolute Gasteiger partial charge is 0.493 e. The third kappa shape index (κ3) is 9.17. The molecule has 4 aromatic carbocycles. The topological polar surface area (TPSA) is 105 Å². The summed E-state index contributed by atoms with van der Waals surface area (Å²) in [6, 6.07) is 25.7. The Balaban J connectivity index is 1.85. The lowest BCUT2D eigenvalue weighted by Crippen LogP contribution is -2.53. The molecular formula is C37H42BrN3O6S. The van der Waals surface area contributed by atoms with Crippen LogP contribution in [0.4, 0.5) is 5.69 Å². The number of carbonyl (C=O) groups excluding carboxylic acids is 2. The van der Waals surface area contributed by atoms with E-state index in [1.54, 1.807) is 12.1 Å². The molecule has 0 spiro atoms. The molecule has 4 rings (SSSR count). The molecule has 2 amide bonds. The van der Waals surface area contributed by atoms with Crippen LogP contribution in [0, 0.1) is 13.8 Å². The minimum absolute atomic E-state index is 0.0758. The van der Waals surface area contributed by atoms with Crippen molar-refractivity contribution in [3.8, 4) is 11.5 Å². The van der Waals surface area contributed by atoms with E-state index in [9.17, 15) is 18.0 Å². The minimum Gasteiger partial charge on any atom is -0.493 e. The number of hydrogen-bond acceptors (Lipinski definition) is 6. The normalized spacial score (nSPS) is 11.8. The number of hydrogen-bond donors (Lipinski definition) is 1. The molecule has 48 heavy (non-hydrogen) atoms. The maximum absolute atomic E-state index is 14.7. The van der Waals surface area contributed by atoms with Gasteiger partial charge in [-0.1, -0.05) is 71.4 Å². The van der Waals surface area contributed by atoms with Crippen LogP contribution in [-0.4, -0.2) is 58.5 Å². The first-order chi connectivity index (χ1) is 23.0. The number of amides is 2. The van der Waals surface area contributed by atoms with Gasteiger partial charge in [0.15, 0.2) is 11.5 Å². The quantitative estimate of drug-likeness (QED) is 0.151. The van der Waals surface area contributed by atoms with E-state index in [2.05, 4.69) is 21.2 Å². The van der Waals surface area contributed by atoms with Crippen LogP contribution in [0.2, 0.25) is 0 Å². The van der Waals surface area contributed by atoms with Crippen molar-refractivity contribution >= 4 is 43.5 Å². The van der Waals surface area contributed by atoms with Crippen molar-refractivity contribution in [2.45, 2.75) is 51.1 Å². The molecule has 0 fully saturated rings. The first-order valence-corrected chi connectivity index (χ1v) is 17.9. The highest BCUT2D eigenvalue weighted by Crippen LogP contribution is 2.33. The average Bonchev–Trinajstić information content (AvgIpc) is 3.07. The number of aryl methyl sites for hydroxylation is 2. The van der Waals surface area contributed by atoms with Gasteiger partial charge in [-0.15, -0.1) is 0 Å². The molecular weight excluding hydrogens is 694 g/mol. The Morgan fingerprint density at radius 1 is 0.833 bits per heavy atom. The lowest BCUT2D eigenvalue weighted by Gasteiger charge is -2.34. The third-order valence-corrected chi connectivity index (χ3v) is 10.0. The Labute approximate surface area is 292 Å². The standard InChI is InChI=1S/C37H42BrN3O6S/c1-6-17-39-37(43)33(22-28-11-8-7-9-12-28)40(24-29-13-10-14-30(38)21-29)36(42)25-41(31-19-26(2)18-27(3)20-31)48(44,45)32-15-16-34(46-4)35(23-32)47-5/h7-16,18-21,23,33H,6,17,22,24-25H2,1-5H3,(H,39,43). The lowest BCUT2D eigenvalue weighted by atomic mass is 10.0. The van der Waals surface area contributed by atoms with Gasteiger partial charge < -0.3 is 19.7 Å². The number of nitrogens with one attached hydrogen (secondary N) is 1. The molecule has 1 unspecified atom stereocenters. The zero-order chi connectivity index (χ0) is 34.8. The summed E-state index contributed by atoms with van der Waals surface area (Å²) >= 11 is 3.51. The molecule has 254 valence electrons. The summed E-state index contributed by atoms with van der Waals surface area (Å²) in [5.74, 6) is -0.250. The van der Waals surface area contributed by atoms with E-state index in [0.29, 0.717) is 24.4 Å². The van der Waals surface area contributed by atoms with Crippen LogP contribution in [0.15, 0.2) is 100 Å². The Morgan fingerprint density at radius 2 is 1.50 bits per heavy atom. The molecule has 0 heterocycles. The van der Waals surface area contributed by atoms with Crippen LogP contribution in [-0.2, 0) is 32.6 Å². The maximum Gasteiger partial charge on any atom is 0.264 e. The van der Waals surface area contributed by atoms with Gasteiger partial charge in [-0.05, 0) is 78.9 Å². The van der Waals surface area contributed by atoms with Crippen LogP contribution < -0.4 is 19.1 Å². The number of methoxy groups -OCH3 is 2. The zero-order valence-corrected chi connectivity index (χ0v) is 30.3. The number of benzene rings is 4. The summed E-state index contributed by atoms with van der Waals surface area (Å²) in [5.41, 5.74) is 3.63. The Kier molecular flexibility index (Phi) is 12.7. The van der Waals surface area contributed by atoms with E-state index in [1.807, 2.05) is 81.4 Å². The van der Waals surface area contributed by atoms with Crippen LogP contribution >= 0.6 is 15.9 Å². The van der Waals surface area contributed by atoms with Gasteiger partial charge in [0, 0.05) is 30.0 Å². The number of halogens is 1. The molecule has 0 aliphatic heterocycles. The zero-order valence-electron chi connectivity index (χ0n) is 27.9. The number of sulfonamides is 1. The molecule has 1 N–H and O–H groups in total. The number of nitrogens with zero attached hydrogens (tertiary/aromatic N) is 2. The van der Waals surface area contributed by atoms with E-state index < -0.39 is 28.5 Å². The van der Waals surface area contributed by atoms with E-state index in [0.717, 1.165) is 31.0 Å². The molecule has 0 aliphatic rings. The van der Waals surface area contributed by atoms with Gasteiger partial charge >= 0.3 is 0 Å². The highest BCUT2D eigenvalue weighted by atomic mass is 79.9. The van der Waals surface area contributed by atoms with Gasteiger partial charge in [-0.2, -0.15) is 0 Å². The number of rotatable bonds is 15. The van der Waals surface area contributed by atoms with Crippen molar-refractivity contribution in [1.82, 2.24) is 10.2 Å². The van der Waals surface area contributed by atoms with E-state index in [4.69, 9.17) is 9.47 Å². The predicted molar refractivity (Wildman–Crippen MR) is 192 cm³/mol. The van der Waals surface area contributed by atoms with Crippen molar-refractivity contribution < 1.29 is 27.5 Å². The molecule has 4 aromatic rings. The fraction of sp³-hybridized carbons (Fsp3) is 0.297. The van der Waals surface area contributed by atoms with E-state index in [-0.39, 0.29) is 29.5 Å². The number of carbonyl (C=O) groups is 2. The Hall–Kier alpha value is -4.35. The Morgan fingerprint density at radius 3 is 2.12 bits per heavy atom. The summed E-state index contributed by atoms with van der Waals surface area (Å²) in [4.78, 5) is 29.9. The number of ether oxygens (including phenoxy) is 2. The number of anilines is 1. The Bertz CT molecular complexity index is 1810. The molecule has 0 bridgehead atoms. The van der Waals surface area contributed by atoms with E-state index in [1.165, 1.54) is 37.3 Å². The van der Waals surface area contributed by atoms with Gasteiger partial charge in [-0.3, -0.25) is 13.9 Å². The van der Waals surface area contributed by atoms with Crippen molar-refractivity contribution in [1.29, 1.82) is 0 Å². The second-order valence-electron chi connectivity index (χ2n) is 11.5. The monoisotopic (exact) mass is 735 g/mol. The van der Waals surface area contributed by atoms with Crippen LogP contribution in [0.25, 0.3) is 0 Å². The van der Waals surface area contributed by atoms with Gasteiger partial charge in [0.05, 0.1) is 24.8 Å². The van der Waals surface area contributed by atoms with Crippen molar-refractivity contribution in [2.24, 2.45) is 0 Å². The summed E-state index contributed by atoms with van der Waals surface area (Å²) in [5, 5.41) is 2.96. The van der Waals surface area contributed by atoms with Crippen LogP contribution in [0.3, 0.4) is 0 Å². The van der Waals surface area contributed by atoms with Gasteiger partial charge in [0.1, 0.15) is 12.6 Å². The highest BCUT2D eigenvalue weighted by molar-refractivity contribution is 9.10.